The van der Waals surface area contributed by atoms with Crippen molar-refractivity contribution in [2.45, 2.75) is 20.8 Å². The number of allylic oxidation sites excluding steroid dienone is 1. The zero-order valence-corrected chi connectivity index (χ0v) is 6.38. The molecular formula is C7H11NO2. The molecule has 0 radical (unpaired) electrons. The van der Waals surface area contributed by atoms with E-state index in [4.69, 9.17) is 10.4 Å². The molecule has 0 aliphatic carbocycles. The first kappa shape index (κ1) is 11.5. The van der Waals surface area contributed by atoms with Crippen LogP contribution < -0.4 is 0 Å². The highest BCUT2D eigenvalue weighted by Gasteiger charge is 2.00. The number of rotatable bonds is 1. The van der Waals surface area contributed by atoms with Gasteiger partial charge in [-0.15, -0.1) is 0 Å². The summed E-state index contributed by atoms with van der Waals surface area (Å²) < 4.78 is 0. The Labute approximate surface area is 60.6 Å². The molecule has 3 heteroatoms. The minimum absolute atomic E-state index is 0.218. The van der Waals surface area contributed by atoms with E-state index in [2.05, 4.69) is 0 Å². The van der Waals surface area contributed by atoms with E-state index in [0.717, 1.165) is 0 Å². The van der Waals surface area contributed by atoms with Crippen molar-refractivity contribution >= 4 is 5.97 Å². The molecule has 0 bridgehead atoms. The molecule has 0 unspecified atom stereocenters. The Balaban J connectivity index is 0. The SMILES string of the molecule is C/C=C(\C#N)C(=O)O.CC. The van der Waals surface area contributed by atoms with Crippen molar-refractivity contribution in [1.29, 1.82) is 5.26 Å². The molecule has 1 N–H and O–H groups in total. The number of carboxylic acids is 1. The molecule has 0 rings (SSSR count). The molecule has 0 spiro atoms. The molecule has 0 saturated heterocycles. The van der Waals surface area contributed by atoms with E-state index in [-0.39, 0.29) is 5.57 Å². The lowest BCUT2D eigenvalue weighted by Crippen LogP contribution is -1.96. The molecule has 0 saturated carbocycles. The van der Waals surface area contributed by atoms with Gasteiger partial charge in [0.2, 0.25) is 0 Å². The fourth-order valence-electron chi connectivity index (χ4n) is 0.236. The van der Waals surface area contributed by atoms with Crippen LogP contribution in [0.5, 0.6) is 0 Å². The van der Waals surface area contributed by atoms with Crippen LogP contribution in [0.3, 0.4) is 0 Å². The number of carboxylic acid groups (broad SMARTS) is 1. The van der Waals surface area contributed by atoms with Gasteiger partial charge in [-0.05, 0) is 6.92 Å². The minimum atomic E-state index is -1.17. The number of nitriles is 1. The monoisotopic (exact) mass is 141 g/mol. The van der Waals surface area contributed by atoms with Gasteiger partial charge in [0.1, 0.15) is 11.6 Å². The van der Waals surface area contributed by atoms with Crippen LogP contribution in [-0.4, -0.2) is 11.1 Å². The summed E-state index contributed by atoms with van der Waals surface area (Å²) in [5.74, 6) is -1.17. The second-order valence-corrected chi connectivity index (χ2v) is 1.12. The molecule has 3 nitrogen and oxygen atoms in total. The molecule has 10 heavy (non-hydrogen) atoms. The summed E-state index contributed by atoms with van der Waals surface area (Å²) in [7, 11) is 0. The largest absolute Gasteiger partial charge is 0.477 e. The molecule has 56 valence electrons. The maximum absolute atomic E-state index is 9.87. The highest BCUT2D eigenvalue weighted by Crippen LogP contribution is 1.88. The standard InChI is InChI=1S/C5H5NO2.C2H6/c1-2-4(3-6)5(7)8;1-2/h2H,1H3,(H,7,8);1-2H3/b4-2+;. The van der Waals surface area contributed by atoms with Gasteiger partial charge in [0, 0.05) is 0 Å². The first-order valence-electron chi connectivity index (χ1n) is 3.02. The average molecular weight is 141 g/mol. The molecule has 0 aromatic carbocycles. The number of hydrogen-bond donors (Lipinski definition) is 1. The molecular weight excluding hydrogens is 130 g/mol. The van der Waals surface area contributed by atoms with E-state index >= 15 is 0 Å². The molecule has 0 heterocycles. The Morgan fingerprint density at radius 1 is 1.60 bits per heavy atom. The van der Waals surface area contributed by atoms with Crippen LogP contribution in [0.15, 0.2) is 11.6 Å². The second-order valence-electron chi connectivity index (χ2n) is 1.12. The normalized spacial score (nSPS) is 8.80. The zero-order valence-electron chi connectivity index (χ0n) is 6.38. The van der Waals surface area contributed by atoms with Crippen LogP contribution in [0.4, 0.5) is 0 Å². The molecule has 0 atom stereocenters. The van der Waals surface area contributed by atoms with Gasteiger partial charge in [-0.25, -0.2) is 4.79 Å². The third-order valence-corrected chi connectivity index (χ3v) is 0.640. The minimum Gasteiger partial charge on any atom is -0.477 e. The highest BCUT2D eigenvalue weighted by molar-refractivity contribution is 5.90. The third-order valence-electron chi connectivity index (χ3n) is 0.640. The molecule has 0 amide bonds. The maximum atomic E-state index is 9.87. The highest BCUT2D eigenvalue weighted by atomic mass is 16.4. The fourth-order valence-corrected chi connectivity index (χ4v) is 0.236. The van der Waals surface area contributed by atoms with Crippen molar-refractivity contribution in [3.8, 4) is 6.07 Å². The summed E-state index contributed by atoms with van der Waals surface area (Å²) in [4.78, 5) is 9.87. The van der Waals surface area contributed by atoms with E-state index in [9.17, 15) is 4.79 Å². The van der Waals surface area contributed by atoms with Gasteiger partial charge >= 0.3 is 5.97 Å². The van der Waals surface area contributed by atoms with Gasteiger partial charge in [0.15, 0.2) is 0 Å². The van der Waals surface area contributed by atoms with Crippen molar-refractivity contribution in [2.75, 3.05) is 0 Å². The van der Waals surface area contributed by atoms with Crippen molar-refractivity contribution < 1.29 is 9.90 Å². The number of nitrogens with zero attached hydrogens (tertiary/aromatic N) is 1. The summed E-state index contributed by atoms with van der Waals surface area (Å²) in [5.41, 5.74) is -0.218. The fraction of sp³-hybridized carbons (Fsp3) is 0.429. The van der Waals surface area contributed by atoms with Crippen LogP contribution in [0, 0.1) is 11.3 Å². The van der Waals surface area contributed by atoms with E-state index in [1.54, 1.807) is 0 Å². The third kappa shape index (κ3) is 4.85. The van der Waals surface area contributed by atoms with E-state index in [0.29, 0.717) is 0 Å². The topological polar surface area (TPSA) is 61.1 Å². The average Bonchev–Trinajstić information content (AvgIpc) is 1.94. The van der Waals surface area contributed by atoms with Crippen molar-refractivity contribution in [3.63, 3.8) is 0 Å². The van der Waals surface area contributed by atoms with Gasteiger partial charge < -0.3 is 5.11 Å². The van der Waals surface area contributed by atoms with Gasteiger partial charge in [-0.2, -0.15) is 5.26 Å². The van der Waals surface area contributed by atoms with Crippen LogP contribution >= 0.6 is 0 Å². The lowest BCUT2D eigenvalue weighted by Gasteiger charge is -1.80. The van der Waals surface area contributed by atoms with Crippen LogP contribution in [0.2, 0.25) is 0 Å². The predicted octanol–water partition coefficient (Wildman–Crippen LogP) is 1.57. The van der Waals surface area contributed by atoms with E-state index in [1.165, 1.54) is 19.1 Å². The van der Waals surface area contributed by atoms with Crippen molar-refractivity contribution in [1.82, 2.24) is 0 Å². The molecule has 0 aromatic heterocycles. The van der Waals surface area contributed by atoms with Gasteiger partial charge in [0.25, 0.3) is 0 Å². The summed E-state index contributed by atoms with van der Waals surface area (Å²) in [6, 6.07) is 1.51. The quantitative estimate of drug-likeness (QED) is 0.445. The van der Waals surface area contributed by atoms with Crippen LogP contribution in [-0.2, 0) is 4.79 Å². The Morgan fingerprint density at radius 3 is 2.00 bits per heavy atom. The maximum Gasteiger partial charge on any atom is 0.346 e. The smallest absolute Gasteiger partial charge is 0.346 e. The van der Waals surface area contributed by atoms with E-state index < -0.39 is 5.97 Å². The lowest BCUT2D eigenvalue weighted by atomic mass is 10.3. The van der Waals surface area contributed by atoms with Gasteiger partial charge in [-0.3, -0.25) is 0 Å². The molecule has 0 aliphatic rings. The van der Waals surface area contributed by atoms with Gasteiger partial charge in [0.05, 0.1) is 0 Å². The van der Waals surface area contributed by atoms with Gasteiger partial charge in [-0.1, -0.05) is 19.9 Å². The number of hydrogen-bond acceptors (Lipinski definition) is 2. The Kier molecular flexibility index (Phi) is 8.85. The van der Waals surface area contributed by atoms with Crippen molar-refractivity contribution in [2.24, 2.45) is 0 Å². The Hall–Kier alpha value is -1.30. The summed E-state index contributed by atoms with van der Waals surface area (Å²) in [6.45, 7) is 5.51. The Morgan fingerprint density at radius 2 is 2.00 bits per heavy atom. The van der Waals surface area contributed by atoms with E-state index in [1.807, 2.05) is 13.8 Å². The summed E-state index contributed by atoms with van der Waals surface area (Å²) >= 11 is 0. The lowest BCUT2D eigenvalue weighted by molar-refractivity contribution is -0.132. The van der Waals surface area contributed by atoms with Crippen LogP contribution in [0.25, 0.3) is 0 Å². The first-order valence-corrected chi connectivity index (χ1v) is 3.02. The number of carbonyl (C=O) groups is 1. The summed E-state index contributed by atoms with van der Waals surface area (Å²) in [6.07, 6.45) is 1.25. The van der Waals surface area contributed by atoms with Crippen molar-refractivity contribution in [3.05, 3.63) is 11.6 Å². The number of aliphatic carboxylic acids is 1. The second kappa shape index (κ2) is 7.70. The first-order chi connectivity index (χ1) is 4.72. The Bertz CT molecular complexity index is 165. The summed E-state index contributed by atoms with van der Waals surface area (Å²) in [5, 5.41) is 16.1. The molecule has 0 aromatic rings. The molecule has 0 fully saturated rings. The predicted molar refractivity (Wildman–Crippen MR) is 38.4 cm³/mol. The zero-order chi connectivity index (χ0) is 8.57. The molecule has 0 aliphatic heterocycles. The van der Waals surface area contributed by atoms with Crippen LogP contribution in [0.1, 0.15) is 20.8 Å².